The summed E-state index contributed by atoms with van der Waals surface area (Å²) in [5.41, 5.74) is 0. The molecule has 0 saturated carbocycles. The first kappa shape index (κ1) is 15.9. The van der Waals surface area contributed by atoms with Gasteiger partial charge in [-0.2, -0.15) is 18.2 Å². The van der Waals surface area contributed by atoms with Gasteiger partial charge in [-0.1, -0.05) is 5.16 Å². The van der Waals surface area contributed by atoms with Crippen LogP contribution in [-0.2, 0) is 20.0 Å². The topological polar surface area (TPSA) is 72.0 Å². The Morgan fingerprint density at radius 3 is 2.96 bits per heavy atom. The number of aryl methyl sites for hydroxylation is 1. The maximum atomic E-state index is 12.4. The third kappa shape index (κ3) is 3.88. The van der Waals surface area contributed by atoms with Crippen LogP contribution in [0.15, 0.2) is 16.9 Å². The number of nitrogens with zero attached hydrogens (tertiary/aromatic N) is 5. The van der Waals surface area contributed by atoms with Gasteiger partial charge in [0.2, 0.25) is 5.89 Å². The summed E-state index contributed by atoms with van der Waals surface area (Å²) in [6, 6.07) is 0.00159. The minimum absolute atomic E-state index is 0.00159. The number of hydrogen-bond donors (Lipinski definition) is 1. The Balaban J connectivity index is 1.71. The van der Waals surface area contributed by atoms with Gasteiger partial charge in [-0.3, -0.25) is 4.90 Å². The molecule has 0 aromatic carbocycles. The Bertz CT molecular complexity index is 652. The molecule has 1 aliphatic rings. The van der Waals surface area contributed by atoms with E-state index in [1.165, 1.54) is 0 Å². The Labute approximate surface area is 130 Å². The van der Waals surface area contributed by atoms with Crippen molar-refractivity contribution in [3.8, 4) is 0 Å². The Morgan fingerprint density at radius 2 is 2.26 bits per heavy atom. The van der Waals surface area contributed by atoms with Gasteiger partial charge in [-0.15, -0.1) is 0 Å². The van der Waals surface area contributed by atoms with Crippen molar-refractivity contribution in [2.45, 2.75) is 25.2 Å². The first-order valence-electron chi connectivity index (χ1n) is 7.22. The lowest BCUT2D eigenvalue weighted by molar-refractivity contribution is -0.128. The molecule has 1 unspecified atom stereocenters. The van der Waals surface area contributed by atoms with Crippen LogP contribution < -0.4 is 5.32 Å². The van der Waals surface area contributed by atoms with Crippen molar-refractivity contribution in [1.29, 1.82) is 0 Å². The zero-order valence-electron chi connectivity index (χ0n) is 12.5. The smallest absolute Gasteiger partial charge is 0.338 e. The van der Waals surface area contributed by atoms with E-state index in [9.17, 15) is 13.2 Å². The molecule has 1 aliphatic heterocycles. The highest BCUT2D eigenvalue weighted by Gasteiger charge is 2.32. The molecule has 0 spiro atoms. The van der Waals surface area contributed by atoms with E-state index >= 15 is 0 Å². The molecule has 23 heavy (non-hydrogen) atoms. The van der Waals surface area contributed by atoms with Crippen LogP contribution in [0.2, 0.25) is 0 Å². The predicted octanol–water partition coefficient (Wildman–Crippen LogP) is 1.05. The van der Waals surface area contributed by atoms with Crippen molar-refractivity contribution in [2.24, 2.45) is 7.05 Å². The second-order valence-electron chi connectivity index (χ2n) is 5.48. The second-order valence-corrected chi connectivity index (χ2v) is 5.48. The highest BCUT2D eigenvalue weighted by Crippen LogP contribution is 2.23. The van der Waals surface area contributed by atoms with Gasteiger partial charge in [0.15, 0.2) is 5.82 Å². The maximum Gasteiger partial charge on any atom is 0.396 e. The molecule has 2 aromatic rings. The van der Waals surface area contributed by atoms with E-state index in [-0.39, 0.29) is 17.8 Å². The number of aromatic nitrogens is 4. The SMILES string of the molecule is Cn1ccnc1C1CNCCN1Cc1nc(CC(F)(F)F)no1. The van der Waals surface area contributed by atoms with Gasteiger partial charge in [-0.05, 0) is 0 Å². The molecule has 1 atom stereocenters. The summed E-state index contributed by atoms with van der Waals surface area (Å²) in [7, 11) is 1.91. The van der Waals surface area contributed by atoms with E-state index in [4.69, 9.17) is 4.52 Å². The van der Waals surface area contributed by atoms with Gasteiger partial charge in [0.25, 0.3) is 0 Å². The van der Waals surface area contributed by atoms with Crippen LogP contribution in [0.1, 0.15) is 23.6 Å². The zero-order valence-corrected chi connectivity index (χ0v) is 12.5. The summed E-state index contributed by atoms with van der Waals surface area (Å²) >= 11 is 0. The maximum absolute atomic E-state index is 12.4. The van der Waals surface area contributed by atoms with Gasteiger partial charge < -0.3 is 14.4 Å². The fraction of sp³-hybridized carbons (Fsp3) is 0.615. The van der Waals surface area contributed by atoms with Crippen molar-refractivity contribution < 1.29 is 17.7 Å². The van der Waals surface area contributed by atoms with Gasteiger partial charge in [0, 0.05) is 39.1 Å². The van der Waals surface area contributed by atoms with Crippen molar-refractivity contribution in [3.05, 3.63) is 29.9 Å². The molecule has 7 nitrogen and oxygen atoms in total. The molecular formula is C13H17F3N6O. The van der Waals surface area contributed by atoms with Crippen LogP contribution in [0, 0.1) is 0 Å². The molecule has 0 bridgehead atoms. The number of nitrogens with one attached hydrogen (secondary N) is 1. The van der Waals surface area contributed by atoms with Crippen LogP contribution in [0.4, 0.5) is 13.2 Å². The quantitative estimate of drug-likeness (QED) is 0.904. The molecule has 0 radical (unpaired) electrons. The second kappa shape index (κ2) is 6.28. The minimum Gasteiger partial charge on any atom is -0.338 e. The molecular weight excluding hydrogens is 313 g/mol. The van der Waals surface area contributed by atoms with E-state index in [0.717, 1.165) is 12.4 Å². The van der Waals surface area contributed by atoms with Crippen molar-refractivity contribution >= 4 is 0 Å². The molecule has 3 heterocycles. The number of piperazine rings is 1. The molecule has 1 fully saturated rings. The fourth-order valence-electron chi connectivity index (χ4n) is 2.67. The van der Waals surface area contributed by atoms with E-state index in [0.29, 0.717) is 19.6 Å². The third-order valence-corrected chi connectivity index (χ3v) is 3.72. The molecule has 3 rings (SSSR count). The summed E-state index contributed by atoms with van der Waals surface area (Å²) in [4.78, 5) is 10.3. The van der Waals surface area contributed by atoms with Crippen LogP contribution in [0.3, 0.4) is 0 Å². The molecule has 0 amide bonds. The van der Waals surface area contributed by atoms with Crippen molar-refractivity contribution in [3.63, 3.8) is 0 Å². The van der Waals surface area contributed by atoms with Gasteiger partial charge in [-0.25, -0.2) is 4.98 Å². The highest BCUT2D eigenvalue weighted by atomic mass is 19.4. The summed E-state index contributed by atoms with van der Waals surface area (Å²) in [5.74, 6) is 0.730. The minimum atomic E-state index is -4.34. The van der Waals surface area contributed by atoms with Gasteiger partial charge in [0.1, 0.15) is 12.2 Å². The Hall–Kier alpha value is -1.94. The third-order valence-electron chi connectivity index (χ3n) is 3.72. The molecule has 126 valence electrons. The van der Waals surface area contributed by atoms with Crippen molar-refractivity contribution in [2.75, 3.05) is 19.6 Å². The lowest BCUT2D eigenvalue weighted by Crippen LogP contribution is -2.46. The van der Waals surface area contributed by atoms with Gasteiger partial charge >= 0.3 is 6.18 Å². The standard InChI is InChI=1S/C13H17F3N6O/c1-21-4-3-18-12(21)9-7-17-2-5-22(9)8-11-19-10(20-23-11)6-13(14,15)16/h3-4,9,17H,2,5-8H2,1H3. The largest absolute Gasteiger partial charge is 0.396 e. The molecule has 10 heteroatoms. The van der Waals surface area contributed by atoms with E-state index in [1.54, 1.807) is 6.20 Å². The fourth-order valence-corrected chi connectivity index (χ4v) is 2.67. The zero-order chi connectivity index (χ0) is 16.4. The van der Waals surface area contributed by atoms with E-state index < -0.39 is 12.6 Å². The van der Waals surface area contributed by atoms with Crippen LogP contribution in [0.5, 0.6) is 0 Å². The Morgan fingerprint density at radius 1 is 1.43 bits per heavy atom. The Kier molecular flexibility index (Phi) is 4.35. The van der Waals surface area contributed by atoms with Crippen LogP contribution >= 0.6 is 0 Å². The monoisotopic (exact) mass is 330 g/mol. The number of halogens is 3. The normalized spacial score (nSPS) is 20.1. The van der Waals surface area contributed by atoms with E-state index in [2.05, 4.69) is 25.3 Å². The summed E-state index contributed by atoms with van der Waals surface area (Å²) < 4.78 is 43.9. The van der Waals surface area contributed by atoms with Crippen LogP contribution in [-0.4, -0.2) is 50.4 Å². The number of hydrogen-bond acceptors (Lipinski definition) is 6. The molecule has 1 saturated heterocycles. The molecule has 1 N–H and O–H groups in total. The lowest BCUT2D eigenvalue weighted by Gasteiger charge is -2.34. The van der Waals surface area contributed by atoms with Crippen molar-refractivity contribution in [1.82, 2.24) is 29.9 Å². The molecule has 2 aromatic heterocycles. The predicted molar refractivity (Wildman–Crippen MR) is 73.3 cm³/mol. The number of alkyl halides is 3. The van der Waals surface area contributed by atoms with Crippen LogP contribution in [0.25, 0.3) is 0 Å². The lowest BCUT2D eigenvalue weighted by atomic mass is 10.1. The highest BCUT2D eigenvalue weighted by molar-refractivity contribution is 5.03. The molecule has 0 aliphatic carbocycles. The number of rotatable bonds is 4. The number of imidazole rings is 1. The summed E-state index contributed by atoms with van der Waals surface area (Å²) in [6.07, 6.45) is -1.95. The first-order chi connectivity index (χ1) is 10.9. The van der Waals surface area contributed by atoms with E-state index in [1.807, 2.05) is 17.8 Å². The average Bonchev–Trinajstić information content (AvgIpc) is 3.07. The summed E-state index contributed by atoms with van der Waals surface area (Å²) in [5, 5.41) is 6.70. The average molecular weight is 330 g/mol. The summed E-state index contributed by atoms with van der Waals surface area (Å²) in [6.45, 7) is 2.50. The van der Waals surface area contributed by atoms with Gasteiger partial charge in [0.05, 0.1) is 12.6 Å². The first-order valence-corrected chi connectivity index (χ1v) is 7.22.